The van der Waals surface area contributed by atoms with Crippen molar-refractivity contribution in [1.29, 1.82) is 0 Å². The van der Waals surface area contributed by atoms with E-state index in [0.29, 0.717) is 12.3 Å². The van der Waals surface area contributed by atoms with Crippen LogP contribution in [0.2, 0.25) is 0 Å². The van der Waals surface area contributed by atoms with Crippen molar-refractivity contribution in [2.45, 2.75) is 6.54 Å². The van der Waals surface area contributed by atoms with Crippen LogP contribution in [0.25, 0.3) is 0 Å². The fraction of sp³-hybridized carbons (Fsp3) is 0.444. The Balaban J connectivity index is 3.07. The molecular formula is C9H13N3O4S. The molecule has 3 N–H and O–H groups in total. The first-order valence-electron chi connectivity index (χ1n) is 4.94. The number of thiol groups is 1. The number of rotatable bonds is 5. The van der Waals surface area contributed by atoms with Crippen molar-refractivity contribution >= 4 is 18.5 Å². The molecule has 1 amide bonds. The van der Waals surface area contributed by atoms with Crippen LogP contribution in [0.4, 0.5) is 0 Å². The van der Waals surface area contributed by atoms with E-state index in [4.69, 9.17) is 5.11 Å². The van der Waals surface area contributed by atoms with Gasteiger partial charge in [-0.05, 0) is 0 Å². The van der Waals surface area contributed by atoms with Crippen LogP contribution in [-0.4, -0.2) is 39.5 Å². The van der Waals surface area contributed by atoms with E-state index in [0.717, 1.165) is 10.8 Å². The van der Waals surface area contributed by atoms with E-state index in [-0.39, 0.29) is 18.7 Å². The van der Waals surface area contributed by atoms with Gasteiger partial charge in [0.05, 0.1) is 13.2 Å². The van der Waals surface area contributed by atoms with Gasteiger partial charge in [-0.25, -0.2) is 4.79 Å². The maximum atomic E-state index is 11.5. The second-order valence-corrected chi connectivity index (χ2v) is 3.65. The summed E-state index contributed by atoms with van der Waals surface area (Å²) in [4.78, 5) is 36.2. The van der Waals surface area contributed by atoms with Gasteiger partial charge in [-0.1, -0.05) is 0 Å². The topological polar surface area (TPSA) is 104 Å². The van der Waals surface area contributed by atoms with E-state index < -0.39 is 17.2 Å². The summed E-state index contributed by atoms with van der Waals surface area (Å²) in [5.41, 5.74) is -1.57. The number of hydrogen-bond acceptors (Lipinski definition) is 5. The second kappa shape index (κ2) is 6.26. The van der Waals surface area contributed by atoms with Gasteiger partial charge in [-0.15, -0.1) is 0 Å². The van der Waals surface area contributed by atoms with Crippen molar-refractivity contribution in [1.82, 2.24) is 14.9 Å². The fourth-order valence-electron chi connectivity index (χ4n) is 1.21. The van der Waals surface area contributed by atoms with Gasteiger partial charge in [-0.3, -0.25) is 19.1 Å². The average molecular weight is 259 g/mol. The molecule has 1 heterocycles. The molecule has 1 aromatic rings. The summed E-state index contributed by atoms with van der Waals surface area (Å²) in [6.45, 7) is 0.0760. The molecule has 0 saturated heterocycles. The summed E-state index contributed by atoms with van der Waals surface area (Å²) >= 11 is 3.91. The maximum absolute atomic E-state index is 11.5. The first-order chi connectivity index (χ1) is 8.10. The lowest BCUT2D eigenvalue weighted by Gasteiger charge is -2.06. The Morgan fingerprint density at radius 2 is 2.24 bits per heavy atom. The van der Waals surface area contributed by atoms with E-state index in [1.165, 1.54) is 0 Å². The van der Waals surface area contributed by atoms with Gasteiger partial charge >= 0.3 is 5.69 Å². The predicted molar refractivity (Wildman–Crippen MR) is 64.6 cm³/mol. The van der Waals surface area contributed by atoms with E-state index in [9.17, 15) is 14.4 Å². The third-order valence-electron chi connectivity index (χ3n) is 1.99. The molecule has 94 valence electrons. The van der Waals surface area contributed by atoms with Crippen LogP contribution in [0.1, 0.15) is 10.4 Å². The number of hydrogen-bond donors (Lipinski definition) is 4. The number of aromatic nitrogens is 2. The number of H-pyrrole nitrogens is 1. The molecule has 7 nitrogen and oxygen atoms in total. The van der Waals surface area contributed by atoms with Crippen molar-refractivity contribution in [3.05, 3.63) is 32.6 Å². The Hall–Kier alpha value is -1.54. The summed E-state index contributed by atoms with van der Waals surface area (Å²) < 4.78 is 1.07. The highest BCUT2D eigenvalue weighted by atomic mass is 32.1. The number of nitrogens with one attached hydrogen (secondary N) is 2. The predicted octanol–water partition coefficient (Wildman–Crippen LogP) is -1.81. The number of amides is 1. The van der Waals surface area contributed by atoms with Crippen molar-refractivity contribution < 1.29 is 9.90 Å². The summed E-state index contributed by atoms with van der Waals surface area (Å²) in [5, 5.41) is 11.2. The number of carbonyl (C=O) groups is 1. The summed E-state index contributed by atoms with van der Waals surface area (Å²) in [6, 6.07) is 0. The van der Waals surface area contributed by atoms with Crippen LogP contribution in [-0.2, 0) is 6.54 Å². The lowest BCUT2D eigenvalue weighted by Crippen LogP contribution is -2.37. The average Bonchev–Trinajstić information content (AvgIpc) is 2.29. The molecule has 0 aliphatic heterocycles. The number of aliphatic hydroxyl groups excluding tert-OH is 1. The molecule has 17 heavy (non-hydrogen) atoms. The molecule has 1 rings (SSSR count). The number of nitrogens with zero attached hydrogens (tertiary/aromatic N) is 1. The maximum Gasteiger partial charge on any atom is 0.328 e. The molecule has 0 spiro atoms. The normalized spacial score (nSPS) is 10.2. The molecule has 0 bridgehead atoms. The van der Waals surface area contributed by atoms with Gasteiger partial charge in [0, 0.05) is 18.5 Å². The van der Waals surface area contributed by atoms with Crippen LogP contribution in [0.5, 0.6) is 0 Å². The minimum Gasteiger partial charge on any atom is -0.395 e. The highest BCUT2D eigenvalue weighted by Gasteiger charge is 2.12. The van der Waals surface area contributed by atoms with Gasteiger partial charge in [0.25, 0.3) is 11.5 Å². The monoisotopic (exact) mass is 259 g/mol. The van der Waals surface area contributed by atoms with Crippen molar-refractivity contribution in [2.75, 3.05) is 18.9 Å². The molecule has 0 aromatic carbocycles. The fourth-order valence-corrected chi connectivity index (χ4v) is 1.32. The van der Waals surface area contributed by atoms with E-state index >= 15 is 0 Å². The SMILES string of the molecule is O=C(NCCS)c1cn(CCO)c(=O)[nH]c1=O. The molecule has 0 atom stereocenters. The minimum absolute atomic E-state index is 0.0163. The molecule has 0 aliphatic rings. The quantitative estimate of drug-likeness (QED) is 0.468. The highest BCUT2D eigenvalue weighted by Crippen LogP contribution is 1.88. The first kappa shape index (κ1) is 13.5. The Kier molecular flexibility index (Phi) is 4.98. The molecule has 0 aliphatic carbocycles. The largest absolute Gasteiger partial charge is 0.395 e. The smallest absolute Gasteiger partial charge is 0.328 e. The molecule has 0 radical (unpaired) electrons. The van der Waals surface area contributed by atoms with E-state index in [1.54, 1.807) is 0 Å². The Morgan fingerprint density at radius 3 is 2.82 bits per heavy atom. The summed E-state index contributed by atoms with van der Waals surface area (Å²) in [7, 11) is 0. The van der Waals surface area contributed by atoms with Gasteiger partial charge in [0.15, 0.2) is 0 Å². The molecular weight excluding hydrogens is 246 g/mol. The van der Waals surface area contributed by atoms with Crippen LogP contribution in [0.15, 0.2) is 15.8 Å². The van der Waals surface area contributed by atoms with Gasteiger partial charge in [-0.2, -0.15) is 12.6 Å². The summed E-state index contributed by atoms with van der Waals surface area (Å²) in [6.07, 6.45) is 1.13. The van der Waals surface area contributed by atoms with E-state index in [1.807, 2.05) is 4.98 Å². The molecule has 1 aromatic heterocycles. The van der Waals surface area contributed by atoms with Gasteiger partial charge in [0.1, 0.15) is 5.56 Å². The highest BCUT2D eigenvalue weighted by molar-refractivity contribution is 7.80. The molecule has 0 unspecified atom stereocenters. The van der Waals surface area contributed by atoms with Crippen LogP contribution in [0, 0.1) is 0 Å². The van der Waals surface area contributed by atoms with Crippen molar-refractivity contribution in [2.24, 2.45) is 0 Å². The number of carbonyl (C=O) groups excluding carboxylic acids is 1. The Labute approximate surface area is 102 Å². The van der Waals surface area contributed by atoms with Crippen LogP contribution in [0.3, 0.4) is 0 Å². The molecule has 0 fully saturated rings. The van der Waals surface area contributed by atoms with Crippen LogP contribution < -0.4 is 16.6 Å². The lowest BCUT2D eigenvalue weighted by atomic mass is 10.3. The van der Waals surface area contributed by atoms with Gasteiger partial charge in [0.2, 0.25) is 0 Å². The Bertz CT molecular complexity index is 508. The second-order valence-electron chi connectivity index (χ2n) is 3.20. The van der Waals surface area contributed by atoms with Crippen LogP contribution >= 0.6 is 12.6 Å². The standard InChI is InChI=1S/C9H13N3O4S/c13-3-2-12-5-6(7(14)10-1-4-17)8(15)11-9(12)16/h5,13,17H,1-4H2,(H,10,14)(H,11,15,16). The molecule has 8 heteroatoms. The number of aliphatic hydroxyl groups is 1. The zero-order valence-electron chi connectivity index (χ0n) is 8.97. The minimum atomic E-state index is -0.749. The lowest BCUT2D eigenvalue weighted by molar-refractivity contribution is 0.0953. The third-order valence-corrected chi connectivity index (χ3v) is 2.22. The summed E-state index contributed by atoms with van der Waals surface area (Å²) in [5.74, 6) is -0.132. The van der Waals surface area contributed by atoms with Crippen molar-refractivity contribution in [3.8, 4) is 0 Å². The van der Waals surface area contributed by atoms with Gasteiger partial charge < -0.3 is 10.4 Å². The zero-order chi connectivity index (χ0) is 12.8. The molecule has 0 saturated carbocycles. The van der Waals surface area contributed by atoms with Crippen molar-refractivity contribution in [3.63, 3.8) is 0 Å². The number of aromatic amines is 1. The first-order valence-corrected chi connectivity index (χ1v) is 5.57. The zero-order valence-corrected chi connectivity index (χ0v) is 9.87. The van der Waals surface area contributed by atoms with E-state index in [2.05, 4.69) is 17.9 Å². The third kappa shape index (κ3) is 3.46. The Morgan fingerprint density at radius 1 is 1.53 bits per heavy atom.